The zero-order valence-electron chi connectivity index (χ0n) is 15.8. The molecule has 0 spiro atoms. The summed E-state index contributed by atoms with van der Waals surface area (Å²) in [4.78, 5) is 23.9. The van der Waals surface area contributed by atoms with Crippen molar-refractivity contribution < 1.29 is 36.6 Å². The Hall–Kier alpha value is -3.96. The van der Waals surface area contributed by atoms with Crippen LogP contribution in [0.25, 0.3) is 5.69 Å². The molecular weight excluding hydrogens is 424 g/mol. The van der Waals surface area contributed by atoms with Crippen molar-refractivity contribution in [1.29, 1.82) is 0 Å². The number of rotatable bonds is 5. The summed E-state index contributed by atoms with van der Waals surface area (Å²) in [5, 5.41) is 9.05. The number of hydrogen-bond donors (Lipinski definition) is 1. The fourth-order valence-corrected chi connectivity index (χ4v) is 2.51. The molecule has 0 aliphatic heterocycles. The second kappa shape index (κ2) is 8.81. The number of aromatic nitrogens is 3. The summed E-state index contributed by atoms with van der Waals surface area (Å²) in [5.74, 6) is -2.23. The van der Waals surface area contributed by atoms with E-state index in [9.17, 15) is 27.2 Å². The van der Waals surface area contributed by atoms with Gasteiger partial charge in [-0.1, -0.05) is 11.3 Å². The second-order valence-electron chi connectivity index (χ2n) is 5.94. The topological polar surface area (TPSA) is 95.3 Å². The van der Waals surface area contributed by atoms with Gasteiger partial charge in [0.15, 0.2) is 5.69 Å². The first-order chi connectivity index (χ1) is 14.7. The van der Waals surface area contributed by atoms with Crippen LogP contribution in [-0.2, 0) is 10.9 Å². The largest absolute Gasteiger partial charge is 0.450 e. The van der Waals surface area contributed by atoms with Gasteiger partial charge in [0.1, 0.15) is 11.6 Å². The van der Waals surface area contributed by atoms with Gasteiger partial charge in [0, 0.05) is 11.8 Å². The third-order valence-corrected chi connectivity index (χ3v) is 3.77. The van der Waals surface area contributed by atoms with E-state index >= 15 is 0 Å². The Kier molecular flexibility index (Phi) is 6.18. The number of esters is 1. The Bertz CT molecular complexity index is 1100. The highest BCUT2D eigenvalue weighted by Gasteiger charge is 2.42. The van der Waals surface area contributed by atoms with Crippen molar-refractivity contribution in [2.75, 3.05) is 11.9 Å². The summed E-state index contributed by atoms with van der Waals surface area (Å²) in [6.45, 7) is 1.74. The minimum absolute atomic E-state index is 0.129. The molecule has 0 saturated heterocycles. The van der Waals surface area contributed by atoms with Crippen LogP contribution >= 0.6 is 0 Å². The number of carbonyl (C=O) groups excluding carboxylic acids is 2. The molecule has 1 amide bonds. The number of halogens is 4. The van der Waals surface area contributed by atoms with E-state index < -0.39 is 35.4 Å². The van der Waals surface area contributed by atoms with Crippen LogP contribution in [0.15, 0.2) is 48.5 Å². The molecule has 0 fully saturated rings. The molecule has 31 heavy (non-hydrogen) atoms. The lowest BCUT2D eigenvalue weighted by atomic mass is 10.2. The maximum absolute atomic E-state index is 13.6. The van der Waals surface area contributed by atoms with Crippen molar-refractivity contribution in [3.8, 4) is 11.4 Å². The Morgan fingerprint density at radius 3 is 2.48 bits per heavy atom. The molecule has 0 saturated carbocycles. The first-order valence-corrected chi connectivity index (χ1v) is 8.74. The lowest BCUT2D eigenvalue weighted by Crippen LogP contribution is -2.20. The van der Waals surface area contributed by atoms with Crippen molar-refractivity contribution in [3.63, 3.8) is 0 Å². The number of benzene rings is 2. The Morgan fingerprint density at radius 2 is 1.84 bits per heavy atom. The maximum atomic E-state index is 13.6. The van der Waals surface area contributed by atoms with E-state index in [1.807, 2.05) is 0 Å². The van der Waals surface area contributed by atoms with Gasteiger partial charge in [0.2, 0.25) is 5.69 Å². The van der Waals surface area contributed by atoms with Gasteiger partial charge < -0.3 is 9.47 Å². The van der Waals surface area contributed by atoms with Crippen LogP contribution in [0.3, 0.4) is 0 Å². The zero-order valence-corrected chi connectivity index (χ0v) is 15.8. The number of anilines is 1. The molecule has 162 valence electrons. The molecule has 0 bridgehead atoms. The first kappa shape index (κ1) is 21.7. The summed E-state index contributed by atoms with van der Waals surface area (Å²) in [5.41, 5.74) is -2.53. The SMILES string of the molecule is CCOC(=O)Nc1cccc(OC(=O)c2nnn(-c3ccc(F)cc3)c2C(F)(F)F)c1. The van der Waals surface area contributed by atoms with Crippen LogP contribution in [0.5, 0.6) is 5.75 Å². The van der Waals surface area contributed by atoms with Crippen molar-refractivity contribution in [2.24, 2.45) is 0 Å². The summed E-state index contributed by atoms with van der Waals surface area (Å²) in [7, 11) is 0. The van der Waals surface area contributed by atoms with Crippen LogP contribution in [0, 0.1) is 5.82 Å². The predicted molar refractivity (Wildman–Crippen MR) is 98.4 cm³/mol. The van der Waals surface area contributed by atoms with Gasteiger partial charge in [-0.2, -0.15) is 13.2 Å². The smallest absolute Gasteiger partial charge is 0.436 e. The molecule has 1 aromatic heterocycles. The number of nitrogens with one attached hydrogen (secondary N) is 1. The van der Waals surface area contributed by atoms with Crippen molar-refractivity contribution >= 4 is 17.7 Å². The summed E-state index contributed by atoms with van der Waals surface area (Å²) < 4.78 is 64.1. The van der Waals surface area contributed by atoms with E-state index in [1.54, 1.807) is 6.92 Å². The van der Waals surface area contributed by atoms with Gasteiger partial charge in [0.25, 0.3) is 0 Å². The van der Waals surface area contributed by atoms with E-state index in [4.69, 9.17) is 9.47 Å². The van der Waals surface area contributed by atoms with Gasteiger partial charge in [-0.15, -0.1) is 5.10 Å². The van der Waals surface area contributed by atoms with E-state index in [1.165, 1.54) is 24.3 Å². The molecule has 1 N–H and O–H groups in total. The zero-order chi connectivity index (χ0) is 22.6. The highest BCUT2D eigenvalue weighted by Crippen LogP contribution is 2.33. The van der Waals surface area contributed by atoms with E-state index in [0.29, 0.717) is 4.68 Å². The van der Waals surface area contributed by atoms with Crippen LogP contribution in [0.4, 0.5) is 28.0 Å². The molecule has 2 aromatic carbocycles. The Morgan fingerprint density at radius 1 is 1.13 bits per heavy atom. The molecule has 12 heteroatoms. The predicted octanol–water partition coefficient (Wildman–Crippen LogP) is 4.21. The van der Waals surface area contributed by atoms with Crippen LogP contribution in [-0.4, -0.2) is 33.7 Å². The van der Waals surface area contributed by atoms with Gasteiger partial charge in [0.05, 0.1) is 12.3 Å². The highest BCUT2D eigenvalue weighted by atomic mass is 19.4. The summed E-state index contributed by atoms with van der Waals surface area (Å²) >= 11 is 0. The quantitative estimate of drug-likeness (QED) is 0.364. The minimum atomic E-state index is -5.01. The van der Waals surface area contributed by atoms with Gasteiger partial charge in [-0.25, -0.2) is 18.7 Å². The van der Waals surface area contributed by atoms with Crippen molar-refractivity contribution in [2.45, 2.75) is 13.1 Å². The van der Waals surface area contributed by atoms with Gasteiger partial charge in [-0.05, 0) is 43.3 Å². The standard InChI is InChI=1S/C19H14F4N4O4/c1-2-30-18(29)24-12-4-3-5-14(10-12)31-17(28)15-16(19(21,22)23)27(26-25-15)13-8-6-11(20)7-9-13/h3-10H,2H2,1H3,(H,24,29). The Balaban J connectivity index is 1.89. The van der Waals surface area contributed by atoms with Gasteiger partial charge in [-0.3, -0.25) is 5.32 Å². The lowest BCUT2D eigenvalue weighted by Gasteiger charge is -2.11. The van der Waals surface area contributed by atoms with Crippen LogP contribution in [0.1, 0.15) is 23.1 Å². The second-order valence-corrected chi connectivity index (χ2v) is 5.94. The van der Waals surface area contributed by atoms with E-state index in [2.05, 4.69) is 15.6 Å². The summed E-state index contributed by atoms with van der Waals surface area (Å²) in [6.07, 6.45) is -5.77. The maximum Gasteiger partial charge on any atom is 0.436 e. The van der Waals surface area contributed by atoms with Crippen molar-refractivity contribution in [3.05, 3.63) is 65.7 Å². The minimum Gasteiger partial charge on any atom is -0.450 e. The van der Waals surface area contributed by atoms with Crippen molar-refractivity contribution in [1.82, 2.24) is 15.0 Å². The average molecular weight is 438 g/mol. The fraction of sp³-hybridized carbons (Fsp3) is 0.158. The molecule has 8 nitrogen and oxygen atoms in total. The first-order valence-electron chi connectivity index (χ1n) is 8.74. The molecule has 3 aromatic rings. The number of nitrogens with zero attached hydrogens (tertiary/aromatic N) is 3. The number of alkyl halides is 3. The fourth-order valence-electron chi connectivity index (χ4n) is 2.51. The molecule has 3 rings (SSSR count). The normalized spacial score (nSPS) is 11.1. The number of ether oxygens (including phenoxy) is 2. The Labute approximate surface area is 172 Å². The molecule has 1 heterocycles. The molecule has 0 unspecified atom stereocenters. The number of amides is 1. The lowest BCUT2D eigenvalue weighted by molar-refractivity contribution is -0.143. The molecule has 0 aliphatic rings. The van der Waals surface area contributed by atoms with E-state index in [0.717, 1.165) is 24.3 Å². The number of carbonyl (C=O) groups is 2. The van der Waals surface area contributed by atoms with Crippen LogP contribution in [0.2, 0.25) is 0 Å². The molecule has 0 atom stereocenters. The molecule has 0 aliphatic carbocycles. The number of hydrogen-bond acceptors (Lipinski definition) is 6. The monoisotopic (exact) mass is 438 g/mol. The summed E-state index contributed by atoms with van der Waals surface area (Å²) in [6, 6.07) is 9.37. The van der Waals surface area contributed by atoms with Gasteiger partial charge >= 0.3 is 18.2 Å². The van der Waals surface area contributed by atoms with Crippen LogP contribution < -0.4 is 10.1 Å². The third kappa shape index (κ3) is 5.15. The molecular formula is C19H14F4N4O4. The average Bonchev–Trinajstić information content (AvgIpc) is 3.15. The third-order valence-electron chi connectivity index (χ3n) is 3.77. The highest BCUT2D eigenvalue weighted by molar-refractivity contribution is 5.91. The molecule has 0 radical (unpaired) electrons. The van der Waals surface area contributed by atoms with E-state index in [-0.39, 0.29) is 23.7 Å².